The third-order valence-corrected chi connectivity index (χ3v) is 5.87. The van der Waals surface area contributed by atoms with E-state index in [0.717, 1.165) is 64.4 Å². The molecule has 3 fully saturated rings. The summed E-state index contributed by atoms with van der Waals surface area (Å²) in [5, 5.41) is 3.31. The molecule has 0 spiro atoms. The number of rotatable bonds is 4. The van der Waals surface area contributed by atoms with E-state index in [1.165, 1.54) is 25.7 Å². The molecule has 0 aromatic carbocycles. The molecule has 0 unspecified atom stereocenters. The van der Waals surface area contributed by atoms with E-state index in [4.69, 9.17) is 0 Å². The van der Waals surface area contributed by atoms with Crippen LogP contribution in [0.1, 0.15) is 51.4 Å². The Bertz CT molecular complexity index is 412. The number of nitrogens with zero attached hydrogens (tertiary/aromatic N) is 2. The van der Waals surface area contributed by atoms with Crippen LogP contribution < -0.4 is 5.32 Å². The Morgan fingerprint density at radius 3 is 2.08 bits per heavy atom. The maximum absolute atomic E-state index is 12.5. The van der Waals surface area contributed by atoms with Gasteiger partial charge in [-0.25, -0.2) is 0 Å². The van der Waals surface area contributed by atoms with Gasteiger partial charge in [0, 0.05) is 38.5 Å². The first-order valence-electron chi connectivity index (χ1n) is 9.51. The van der Waals surface area contributed by atoms with Gasteiger partial charge in [-0.2, -0.15) is 0 Å². The lowest BCUT2D eigenvalue weighted by atomic mass is 9.96. The second-order valence-electron chi connectivity index (χ2n) is 7.42. The average Bonchev–Trinajstić information content (AvgIpc) is 3.13. The summed E-state index contributed by atoms with van der Waals surface area (Å²) in [6, 6.07) is 0. The fourth-order valence-electron chi connectivity index (χ4n) is 4.29. The van der Waals surface area contributed by atoms with Gasteiger partial charge in [0.15, 0.2) is 0 Å². The molecule has 1 N–H and O–H groups in total. The molecule has 0 radical (unpaired) electrons. The molecule has 6 heteroatoms. The maximum atomic E-state index is 12.5. The maximum Gasteiger partial charge on any atom is 0.225 e. The zero-order chi connectivity index (χ0) is 16.1. The molecule has 138 valence electrons. The molecule has 3 aliphatic rings. The Morgan fingerprint density at radius 2 is 1.46 bits per heavy atom. The van der Waals surface area contributed by atoms with Crippen molar-refractivity contribution >= 4 is 24.2 Å². The van der Waals surface area contributed by atoms with E-state index in [0.29, 0.717) is 18.2 Å². The molecule has 24 heavy (non-hydrogen) atoms. The number of hydrogen-bond donors (Lipinski definition) is 1. The van der Waals surface area contributed by atoms with Crippen LogP contribution in [-0.2, 0) is 9.59 Å². The summed E-state index contributed by atoms with van der Waals surface area (Å²) in [7, 11) is 0. The van der Waals surface area contributed by atoms with Gasteiger partial charge in [-0.05, 0) is 38.3 Å². The van der Waals surface area contributed by atoms with E-state index in [1.807, 2.05) is 9.80 Å². The number of piperazine rings is 1. The van der Waals surface area contributed by atoms with Crippen molar-refractivity contribution in [3.8, 4) is 0 Å². The van der Waals surface area contributed by atoms with Crippen molar-refractivity contribution in [2.24, 2.45) is 11.8 Å². The molecular formula is C18H32ClN3O2. The number of halogens is 1. The Hall–Kier alpha value is -0.810. The second-order valence-corrected chi connectivity index (χ2v) is 7.42. The minimum Gasteiger partial charge on any atom is -0.339 e. The van der Waals surface area contributed by atoms with E-state index < -0.39 is 0 Å². The molecule has 2 heterocycles. The van der Waals surface area contributed by atoms with Crippen molar-refractivity contribution in [3.63, 3.8) is 0 Å². The zero-order valence-electron chi connectivity index (χ0n) is 14.7. The molecule has 2 amide bonds. The first-order chi connectivity index (χ1) is 11.2. The van der Waals surface area contributed by atoms with Gasteiger partial charge >= 0.3 is 0 Å². The fourth-order valence-corrected chi connectivity index (χ4v) is 4.29. The molecule has 0 bridgehead atoms. The minimum absolute atomic E-state index is 0. The van der Waals surface area contributed by atoms with Crippen LogP contribution in [0.15, 0.2) is 0 Å². The van der Waals surface area contributed by atoms with Crippen LogP contribution in [-0.4, -0.2) is 60.9 Å². The molecule has 2 saturated heterocycles. The van der Waals surface area contributed by atoms with Crippen LogP contribution >= 0.6 is 12.4 Å². The SMILES string of the molecule is Cl.O=C(CCC1CCCC1)N1CCN(C(=O)C2CCNCC2)CC1. The summed E-state index contributed by atoms with van der Waals surface area (Å²) in [5.41, 5.74) is 0. The molecule has 5 nitrogen and oxygen atoms in total. The predicted octanol–water partition coefficient (Wildman–Crippen LogP) is 2.05. The van der Waals surface area contributed by atoms with Crippen LogP contribution in [0.5, 0.6) is 0 Å². The van der Waals surface area contributed by atoms with Crippen LogP contribution in [0.2, 0.25) is 0 Å². The number of hydrogen-bond acceptors (Lipinski definition) is 3. The number of nitrogens with one attached hydrogen (secondary N) is 1. The Balaban J connectivity index is 0.00000208. The largest absolute Gasteiger partial charge is 0.339 e. The lowest BCUT2D eigenvalue weighted by molar-refractivity contribution is -0.142. The molecule has 1 aliphatic carbocycles. The molecule has 2 aliphatic heterocycles. The van der Waals surface area contributed by atoms with Crippen LogP contribution in [0.4, 0.5) is 0 Å². The van der Waals surface area contributed by atoms with E-state index in [1.54, 1.807) is 0 Å². The van der Waals surface area contributed by atoms with Crippen LogP contribution in [0.25, 0.3) is 0 Å². The Morgan fingerprint density at radius 1 is 0.875 bits per heavy atom. The summed E-state index contributed by atoms with van der Waals surface area (Å²) in [5.74, 6) is 1.58. The summed E-state index contributed by atoms with van der Waals surface area (Å²) < 4.78 is 0. The van der Waals surface area contributed by atoms with Crippen LogP contribution in [0.3, 0.4) is 0 Å². The number of carbonyl (C=O) groups is 2. The molecule has 0 atom stereocenters. The summed E-state index contributed by atoms with van der Waals surface area (Å²) in [6.07, 6.45) is 8.99. The van der Waals surface area contributed by atoms with Gasteiger partial charge < -0.3 is 15.1 Å². The lowest BCUT2D eigenvalue weighted by Gasteiger charge is -2.37. The Labute approximate surface area is 151 Å². The molecular weight excluding hydrogens is 326 g/mol. The minimum atomic E-state index is 0. The smallest absolute Gasteiger partial charge is 0.225 e. The van der Waals surface area contributed by atoms with Gasteiger partial charge in [-0.15, -0.1) is 12.4 Å². The third kappa shape index (κ3) is 5.09. The van der Waals surface area contributed by atoms with E-state index in [9.17, 15) is 9.59 Å². The van der Waals surface area contributed by atoms with Gasteiger partial charge in [0.05, 0.1) is 0 Å². The number of carbonyl (C=O) groups excluding carboxylic acids is 2. The monoisotopic (exact) mass is 357 g/mol. The van der Waals surface area contributed by atoms with Crippen molar-refractivity contribution in [2.75, 3.05) is 39.3 Å². The van der Waals surface area contributed by atoms with E-state index >= 15 is 0 Å². The highest BCUT2D eigenvalue weighted by Gasteiger charge is 2.29. The number of piperidine rings is 1. The quantitative estimate of drug-likeness (QED) is 0.837. The van der Waals surface area contributed by atoms with Gasteiger partial charge in [-0.1, -0.05) is 25.7 Å². The van der Waals surface area contributed by atoms with Crippen molar-refractivity contribution in [2.45, 2.75) is 51.4 Å². The van der Waals surface area contributed by atoms with Crippen molar-refractivity contribution in [1.82, 2.24) is 15.1 Å². The van der Waals surface area contributed by atoms with E-state index in [2.05, 4.69) is 5.32 Å². The summed E-state index contributed by atoms with van der Waals surface area (Å²) in [4.78, 5) is 28.8. The van der Waals surface area contributed by atoms with Crippen molar-refractivity contribution < 1.29 is 9.59 Å². The fraction of sp³-hybridized carbons (Fsp3) is 0.889. The van der Waals surface area contributed by atoms with Gasteiger partial charge in [0.2, 0.25) is 11.8 Å². The third-order valence-electron chi connectivity index (χ3n) is 5.87. The Kier molecular flexibility index (Phi) is 7.82. The normalized spacial score (nSPS) is 23.2. The standard InChI is InChI=1S/C18H31N3O2.ClH/c22-17(6-5-15-3-1-2-4-15)20-11-13-21(14-12-20)18(23)16-7-9-19-10-8-16;/h15-16,19H,1-14H2;1H. The topological polar surface area (TPSA) is 52.7 Å². The zero-order valence-corrected chi connectivity index (χ0v) is 15.5. The first-order valence-corrected chi connectivity index (χ1v) is 9.51. The highest BCUT2D eigenvalue weighted by molar-refractivity contribution is 5.85. The molecule has 0 aromatic rings. The van der Waals surface area contributed by atoms with Crippen LogP contribution in [0, 0.1) is 11.8 Å². The van der Waals surface area contributed by atoms with E-state index in [-0.39, 0.29) is 18.3 Å². The number of amides is 2. The lowest BCUT2D eigenvalue weighted by Crippen LogP contribution is -2.52. The molecule has 0 aromatic heterocycles. The van der Waals surface area contributed by atoms with Crippen molar-refractivity contribution in [3.05, 3.63) is 0 Å². The second kappa shape index (κ2) is 9.62. The summed E-state index contributed by atoms with van der Waals surface area (Å²) in [6.45, 7) is 4.79. The van der Waals surface area contributed by atoms with Gasteiger partial charge in [0.1, 0.15) is 0 Å². The molecule has 3 rings (SSSR count). The summed E-state index contributed by atoms with van der Waals surface area (Å²) >= 11 is 0. The highest BCUT2D eigenvalue weighted by Crippen LogP contribution is 2.28. The van der Waals surface area contributed by atoms with Gasteiger partial charge in [0.25, 0.3) is 0 Å². The first kappa shape index (κ1) is 19.5. The highest BCUT2D eigenvalue weighted by atomic mass is 35.5. The van der Waals surface area contributed by atoms with Crippen molar-refractivity contribution in [1.29, 1.82) is 0 Å². The average molecular weight is 358 g/mol. The van der Waals surface area contributed by atoms with Gasteiger partial charge in [-0.3, -0.25) is 9.59 Å². The molecule has 1 saturated carbocycles. The predicted molar refractivity (Wildman–Crippen MR) is 97.2 cm³/mol.